The minimum absolute atomic E-state index is 0.217. The van der Waals surface area contributed by atoms with E-state index >= 15 is 0 Å². The van der Waals surface area contributed by atoms with Gasteiger partial charge in [0, 0.05) is 11.5 Å². The molecule has 0 aliphatic carbocycles. The van der Waals surface area contributed by atoms with E-state index in [2.05, 4.69) is 20.2 Å². The van der Waals surface area contributed by atoms with Crippen LogP contribution < -0.4 is 0 Å². The zero-order valence-corrected chi connectivity index (χ0v) is 9.88. The van der Waals surface area contributed by atoms with Crippen LogP contribution in [0, 0.1) is 0 Å². The molecule has 0 saturated carbocycles. The quantitative estimate of drug-likeness (QED) is 0.486. The Morgan fingerprint density at radius 3 is 2.84 bits per heavy atom. The van der Waals surface area contributed by atoms with Crippen molar-refractivity contribution < 1.29 is 5.11 Å². The summed E-state index contributed by atoms with van der Waals surface area (Å²) in [6.07, 6.45) is 0. The van der Waals surface area contributed by atoms with Gasteiger partial charge >= 0.3 is 0 Å². The molecule has 0 radical (unpaired) electrons. The largest absolute Gasteiger partial charge is 0.508 e. The maximum Gasteiger partial charge on any atom is 0.159 e. The van der Waals surface area contributed by atoms with Crippen LogP contribution in [0.1, 0.15) is 0 Å². The fourth-order valence-corrected chi connectivity index (χ4v) is 2.25. The van der Waals surface area contributed by atoms with Gasteiger partial charge < -0.3 is 10.1 Å². The number of aromatic hydroxyl groups is 1. The van der Waals surface area contributed by atoms with Gasteiger partial charge in [0.2, 0.25) is 0 Å². The number of benzene rings is 2. The van der Waals surface area contributed by atoms with Crippen molar-refractivity contribution in [3.8, 4) is 17.3 Å². The highest BCUT2D eigenvalue weighted by Gasteiger charge is 2.12. The first-order valence-electron chi connectivity index (χ1n) is 5.93. The molecular weight excluding hydrogens is 240 g/mol. The predicted octanol–water partition coefficient (Wildman–Crippen LogP) is 2.81. The first kappa shape index (κ1) is 10.1. The molecule has 0 spiro atoms. The molecule has 92 valence electrons. The van der Waals surface area contributed by atoms with E-state index in [1.165, 1.54) is 0 Å². The van der Waals surface area contributed by atoms with Gasteiger partial charge in [0.25, 0.3) is 0 Å². The minimum Gasteiger partial charge on any atom is -0.508 e. The van der Waals surface area contributed by atoms with E-state index in [0.717, 1.165) is 27.6 Å². The van der Waals surface area contributed by atoms with Crippen LogP contribution in [0.4, 0.5) is 0 Å². The van der Waals surface area contributed by atoms with Crippen molar-refractivity contribution in [3.05, 3.63) is 42.5 Å². The van der Waals surface area contributed by atoms with Crippen LogP contribution in [-0.2, 0) is 0 Å². The summed E-state index contributed by atoms with van der Waals surface area (Å²) in [5.41, 5.74) is 3.36. The van der Waals surface area contributed by atoms with Crippen molar-refractivity contribution >= 4 is 21.9 Å². The number of nitrogens with zero attached hydrogens (tertiary/aromatic N) is 2. The molecule has 0 fully saturated rings. The summed E-state index contributed by atoms with van der Waals surface area (Å²) in [4.78, 5) is 7.67. The highest BCUT2D eigenvalue weighted by Crippen LogP contribution is 2.26. The summed E-state index contributed by atoms with van der Waals surface area (Å²) in [5, 5.41) is 17.8. The second kappa shape index (κ2) is 3.58. The predicted molar refractivity (Wildman–Crippen MR) is 72.8 cm³/mol. The van der Waals surface area contributed by atoms with Gasteiger partial charge in [0.15, 0.2) is 5.82 Å². The number of rotatable bonds is 1. The molecule has 3 N–H and O–H groups in total. The summed E-state index contributed by atoms with van der Waals surface area (Å²) in [7, 11) is 0. The second-order valence-electron chi connectivity index (χ2n) is 4.40. The van der Waals surface area contributed by atoms with E-state index in [1.54, 1.807) is 18.2 Å². The molecule has 0 unspecified atom stereocenters. The van der Waals surface area contributed by atoms with Crippen molar-refractivity contribution in [2.75, 3.05) is 0 Å². The third-order valence-corrected chi connectivity index (χ3v) is 3.16. The number of phenols is 1. The van der Waals surface area contributed by atoms with Crippen LogP contribution in [0.15, 0.2) is 42.5 Å². The standard InChI is InChI=1S/C14H10N4O/c19-8-5-6-11-12(7-8)16-14(15-11)13-9-3-1-2-4-10(9)17-18-13/h1-7,19H,(H,15,16)(H,17,18). The molecular formula is C14H10N4O. The van der Waals surface area contributed by atoms with Gasteiger partial charge in [-0.05, 0) is 18.2 Å². The van der Waals surface area contributed by atoms with Crippen molar-refractivity contribution in [1.29, 1.82) is 0 Å². The van der Waals surface area contributed by atoms with Gasteiger partial charge in [-0.15, -0.1) is 0 Å². The Labute approximate surface area is 107 Å². The van der Waals surface area contributed by atoms with E-state index in [4.69, 9.17) is 0 Å². The topological polar surface area (TPSA) is 77.6 Å². The number of hydrogen-bond acceptors (Lipinski definition) is 3. The van der Waals surface area contributed by atoms with Gasteiger partial charge in [-0.2, -0.15) is 5.10 Å². The normalized spacial score (nSPS) is 11.4. The lowest BCUT2D eigenvalue weighted by atomic mass is 10.2. The van der Waals surface area contributed by atoms with E-state index in [-0.39, 0.29) is 5.75 Å². The number of fused-ring (bicyclic) bond motifs is 2. The molecule has 0 atom stereocenters. The summed E-state index contributed by atoms with van der Waals surface area (Å²) < 4.78 is 0. The first-order valence-corrected chi connectivity index (χ1v) is 5.93. The van der Waals surface area contributed by atoms with E-state index in [0.29, 0.717) is 5.82 Å². The molecule has 5 nitrogen and oxygen atoms in total. The lowest BCUT2D eigenvalue weighted by molar-refractivity contribution is 0.476. The van der Waals surface area contributed by atoms with Crippen molar-refractivity contribution in [3.63, 3.8) is 0 Å². The van der Waals surface area contributed by atoms with Crippen LogP contribution in [0.25, 0.3) is 33.5 Å². The zero-order valence-electron chi connectivity index (χ0n) is 9.88. The van der Waals surface area contributed by atoms with Crippen LogP contribution in [0.2, 0.25) is 0 Å². The van der Waals surface area contributed by atoms with Crippen LogP contribution in [0.5, 0.6) is 5.75 Å². The van der Waals surface area contributed by atoms with Crippen molar-refractivity contribution in [2.45, 2.75) is 0 Å². The molecule has 0 aliphatic heterocycles. The zero-order chi connectivity index (χ0) is 12.8. The molecule has 0 saturated heterocycles. The Balaban J connectivity index is 1.99. The number of phenolic OH excluding ortho intramolecular Hbond substituents is 1. The highest BCUT2D eigenvalue weighted by atomic mass is 16.3. The maximum atomic E-state index is 9.47. The third kappa shape index (κ3) is 1.48. The van der Waals surface area contributed by atoms with Crippen LogP contribution >= 0.6 is 0 Å². The molecule has 0 bridgehead atoms. The second-order valence-corrected chi connectivity index (χ2v) is 4.40. The molecule has 4 rings (SSSR count). The van der Waals surface area contributed by atoms with Crippen molar-refractivity contribution in [2.24, 2.45) is 0 Å². The number of imidazole rings is 1. The third-order valence-electron chi connectivity index (χ3n) is 3.16. The Morgan fingerprint density at radius 1 is 1.00 bits per heavy atom. The summed E-state index contributed by atoms with van der Waals surface area (Å²) in [6, 6.07) is 13.0. The number of aromatic nitrogens is 4. The molecule has 19 heavy (non-hydrogen) atoms. The van der Waals surface area contributed by atoms with Gasteiger partial charge in [-0.3, -0.25) is 5.10 Å². The molecule has 2 aromatic heterocycles. The molecule has 5 heteroatoms. The van der Waals surface area contributed by atoms with Gasteiger partial charge in [-0.1, -0.05) is 18.2 Å². The fraction of sp³-hybridized carbons (Fsp3) is 0. The average molecular weight is 250 g/mol. The highest BCUT2D eigenvalue weighted by molar-refractivity contribution is 5.93. The number of aromatic amines is 2. The fourth-order valence-electron chi connectivity index (χ4n) is 2.25. The summed E-state index contributed by atoms with van der Waals surface area (Å²) >= 11 is 0. The average Bonchev–Trinajstić information content (AvgIpc) is 3.00. The molecule has 0 amide bonds. The smallest absolute Gasteiger partial charge is 0.159 e. The van der Waals surface area contributed by atoms with Gasteiger partial charge in [-0.25, -0.2) is 4.98 Å². The Hall–Kier alpha value is -2.82. The van der Waals surface area contributed by atoms with E-state index < -0.39 is 0 Å². The Morgan fingerprint density at radius 2 is 1.89 bits per heavy atom. The molecule has 4 aromatic rings. The summed E-state index contributed by atoms with van der Waals surface area (Å²) in [6.45, 7) is 0. The number of H-pyrrole nitrogens is 2. The molecule has 2 aromatic carbocycles. The molecule has 2 heterocycles. The monoisotopic (exact) mass is 250 g/mol. The van der Waals surface area contributed by atoms with Crippen LogP contribution in [0.3, 0.4) is 0 Å². The van der Waals surface area contributed by atoms with Gasteiger partial charge in [0.05, 0.1) is 16.6 Å². The number of hydrogen-bond donors (Lipinski definition) is 3. The number of nitrogens with one attached hydrogen (secondary N) is 2. The lowest BCUT2D eigenvalue weighted by Crippen LogP contribution is -1.80. The SMILES string of the molecule is Oc1ccc2nc(-c3n[nH]c4ccccc34)[nH]c2c1. The molecule has 0 aliphatic rings. The Bertz CT molecular complexity index is 891. The first-order chi connectivity index (χ1) is 9.31. The van der Waals surface area contributed by atoms with E-state index in [9.17, 15) is 5.11 Å². The summed E-state index contributed by atoms with van der Waals surface area (Å²) in [5.74, 6) is 0.910. The van der Waals surface area contributed by atoms with Crippen LogP contribution in [-0.4, -0.2) is 25.3 Å². The minimum atomic E-state index is 0.217. The van der Waals surface area contributed by atoms with Crippen molar-refractivity contribution in [1.82, 2.24) is 20.2 Å². The maximum absolute atomic E-state index is 9.47. The van der Waals surface area contributed by atoms with Gasteiger partial charge in [0.1, 0.15) is 11.4 Å². The number of para-hydroxylation sites is 1. The lowest BCUT2D eigenvalue weighted by Gasteiger charge is -1.91. The Kier molecular flexibility index (Phi) is 1.91. The van der Waals surface area contributed by atoms with E-state index in [1.807, 2.05) is 24.3 Å².